The fourth-order valence-corrected chi connectivity index (χ4v) is 2.61. The highest BCUT2D eigenvalue weighted by molar-refractivity contribution is 6.30. The Kier molecular flexibility index (Phi) is 4.98. The molecule has 120 valence electrons. The predicted octanol–water partition coefficient (Wildman–Crippen LogP) is 3.35. The van der Waals surface area contributed by atoms with Crippen molar-refractivity contribution in [3.05, 3.63) is 47.6 Å². The number of anilines is 2. The molecule has 0 unspecified atom stereocenters. The number of rotatable bonds is 5. The van der Waals surface area contributed by atoms with Gasteiger partial charge in [-0.1, -0.05) is 11.6 Å². The summed E-state index contributed by atoms with van der Waals surface area (Å²) in [5, 5.41) is 3.35. The molecule has 0 aliphatic carbocycles. The molecule has 0 radical (unpaired) electrons. The Morgan fingerprint density at radius 3 is 2.57 bits per heavy atom. The third kappa shape index (κ3) is 4.36. The normalized spacial score (nSPS) is 13.9. The van der Waals surface area contributed by atoms with Crippen molar-refractivity contribution in [2.45, 2.75) is 12.8 Å². The molecule has 5 nitrogen and oxygen atoms in total. The third-order valence-corrected chi connectivity index (χ3v) is 3.92. The number of aromatic nitrogens is 1. The lowest BCUT2D eigenvalue weighted by molar-refractivity contribution is -0.118. The summed E-state index contributed by atoms with van der Waals surface area (Å²) in [7, 11) is 0. The zero-order valence-corrected chi connectivity index (χ0v) is 13.4. The second kappa shape index (κ2) is 7.33. The Morgan fingerprint density at radius 2 is 1.91 bits per heavy atom. The van der Waals surface area contributed by atoms with Crippen molar-refractivity contribution in [2.24, 2.45) is 0 Å². The number of pyridine rings is 1. The van der Waals surface area contributed by atoms with Gasteiger partial charge in [-0.25, -0.2) is 4.98 Å². The fourth-order valence-electron chi connectivity index (χ4n) is 2.48. The lowest BCUT2D eigenvalue weighted by Crippen LogP contribution is -2.21. The molecule has 0 saturated carbocycles. The molecule has 1 fully saturated rings. The van der Waals surface area contributed by atoms with Gasteiger partial charge in [0.15, 0.2) is 6.61 Å². The number of carbonyl (C=O) groups is 1. The van der Waals surface area contributed by atoms with E-state index in [0.29, 0.717) is 16.6 Å². The Labute approximate surface area is 140 Å². The van der Waals surface area contributed by atoms with Gasteiger partial charge in [0.1, 0.15) is 11.6 Å². The van der Waals surface area contributed by atoms with E-state index < -0.39 is 0 Å². The summed E-state index contributed by atoms with van der Waals surface area (Å²) in [5.41, 5.74) is 1.10. The summed E-state index contributed by atoms with van der Waals surface area (Å²) in [6.45, 7) is 2.07. The molecule has 0 bridgehead atoms. The van der Waals surface area contributed by atoms with E-state index in [1.807, 2.05) is 12.1 Å². The maximum Gasteiger partial charge on any atom is 0.263 e. The number of amides is 1. The molecule has 1 aliphatic rings. The first-order chi connectivity index (χ1) is 11.2. The number of carbonyl (C=O) groups excluding carboxylic acids is 1. The van der Waals surface area contributed by atoms with Crippen molar-refractivity contribution in [3.63, 3.8) is 0 Å². The van der Waals surface area contributed by atoms with E-state index in [1.165, 1.54) is 12.8 Å². The van der Waals surface area contributed by atoms with Gasteiger partial charge in [-0.15, -0.1) is 0 Å². The minimum absolute atomic E-state index is 0.0722. The van der Waals surface area contributed by atoms with Gasteiger partial charge in [-0.2, -0.15) is 0 Å². The Morgan fingerprint density at radius 1 is 1.17 bits per heavy atom. The Bertz CT molecular complexity index is 653. The molecule has 6 heteroatoms. The van der Waals surface area contributed by atoms with Gasteiger partial charge in [-0.3, -0.25) is 4.79 Å². The number of ether oxygens (including phenoxy) is 1. The summed E-state index contributed by atoms with van der Waals surface area (Å²) in [4.78, 5) is 18.5. The molecule has 23 heavy (non-hydrogen) atoms. The quantitative estimate of drug-likeness (QED) is 0.912. The number of nitrogens with one attached hydrogen (secondary N) is 1. The van der Waals surface area contributed by atoms with E-state index in [9.17, 15) is 4.79 Å². The van der Waals surface area contributed by atoms with E-state index in [0.717, 1.165) is 18.8 Å². The van der Waals surface area contributed by atoms with Crippen molar-refractivity contribution in [3.8, 4) is 5.75 Å². The van der Waals surface area contributed by atoms with Crippen LogP contribution in [0.15, 0.2) is 42.6 Å². The summed E-state index contributed by atoms with van der Waals surface area (Å²) >= 11 is 5.79. The van der Waals surface area contributed by atoms with Gasteiger partial charge in [0.05, 0.1) is 11.9 Å². The van der Waals surface area contributed by atoms with Crippen LogP contribution in [0, 0.1) is 0 Å². The average molecular weight is 332 g/mol. The van der Waals surface area contributed by atoms with Crippen LogP contribution in [0.1, 0.15) is 12.8 Å². The summed E-state index contributed by atoms with van der Waals surface area (Å²) < 4.78 is 5.39. The van der Waals surface area contributed by atoms with Crippen LogP contribution in [0.4, 0.5) is 11.5 Å². The number of hydrogen-bond donors (Lipinski definition) is 1. The Balaban J connectivity index is 1.50. The predicted molar refractivity (Wildman–Crippen MR) is 91.3 cm³/mol. The minimum Gasteiger partial charge on any atom is -0.484 e. The van der Waals surface area contributed by atoms with E-state index in [2.05, 4.69) is 15.2 Å². The van der Waals surface area contributed by atoms with E-state index >= 15 is 0 Å². The topological polar surface area (TPSA) is 54.5 Å². The molecule has 2 heterocycles. The lowest BCUT2D eigenvalue weighted by atomic mass is 10.3. The number of nitrogens with zero attached hydrogens (tertiary/aromatic N) is 2. The van der Waals surface area contributed by atoms with Crippen LogP contribution < -0.4 is 15.0 Å². The van der Waals surface area contributed by atoms with Crippen molar-refractivity contribution >= 4 is 29.0 Å². The zero-order valence-electron chi connectivity index (χ0n) is 12.7. The van der Waals surface area contributed by atoms with Crippen LogP contribution in [-0.2, 0) is 4.79 Å². The third-order valence-electron chi connectivity index (χ3n) is 3.67. The number of hydrogen-bond acceptors (Lipinski definition) is 4. The first-order valence-electron chi connectivity index (χ1n) is 7.60. The summed E-state index contributed by atoms with van der Waals surface area (Å²) in [6.07, 6.45) is 4.24. The molecule has 2 aromatic rings. The highest BCUT2D eigenvalue weighted by Crippen LogP contribution is 2.20. The van der Waals surface area contributed by atoms with Gasteiger partial charge >= 0.3 is 0 Å². The second-order valence-electron chi connectivity index (χ2n) is 5.39. The fraction of sp³-hybridized carbons (Fsp3) is 0.294. The molecule has 1 N–H and O–H groups in total. The maximum atomic E-state index is 11.9. The highest BCUT2D eigenvalue weighted by atomic mass is 35.5. The monoisotopic (exact) mass is 331 g/mol. The van der Waals surface area contributed by atoms with Crippen LogP contribution in [-0.4, -0.2) is 30.6 Å². The minimum atomic E-state index is -0.249. The molecule has 1 amide bonds. The number of halogens is 1. The molecule has 1 aromatic carbocycles. The maximum absolute atomic E-state index is 11.9. The van der Waals surface area contributed by atoms with Crippen LogP contribution in [0.25, 0.3) is 0 Å². The first kappa shape index (κ1) is 15.6. The van der Waals surface area contributed by atoms with E-state index in [1.54, 1.807) is 30.5 Å². The van der Waals surface area contributed by atoms with Crippen LogP contribution in [0.3, 0.4) is 0 Å². The molecular weight excluding hydrogens is 314 g/mol. The van der Waals surface area contributed by atoms with Gasteiger partial charge in [0.2, 0.25) is 0 Å². The lowest BCUT2D eigenvalue weighted by Gasteiger charge is -2.17. The molecule has 1 aliphatic heterocycles. The largest absolute Gasteiger partial charge is 0.484 e. The molecule has 0 atom stereocenters. The van der Waals surface area contributed by atoms with Gasteiger partial charge in [0.25, 0.3) is 5.91 Å². The Hall–Kier alpha value is -2.27. The number of benzene rings is 1. The molecular formula is C17H18ClN3O2. The van der Waals surface area contributed by atoms with Crippen molar-refractivity contribution in [1.29, 1.82) is 0 Å². The zero-order chi connectivity index (χ0) is 16.1. The van der Waals surface area contributed by atoms with Crippen LogP contribution >= 0.6 is 11.6 Å². The standard InChI is InChI=1S/C17H18ClN3O2/c18-13-3-6-15(7-4-13)23-12-17(22)20-16-8-5-14(11-19-16)21-9-1-2-10-21/h3-8,11H,1-2,9-10,12H2,(H,19,20,22). The van der Waals surface area contributed by atoms with Gasteiger partial charge in [-0.05, 0) is 49.2 Å². The summed E-state index contributed by atoms with van der Waals surface area (Å²) in [6, 6.07) is 10.7. The van der Waals surface area contributed by atoms with Gasteiger partial charge in [0, 0.05) is 18.1 Å². The van der Waals surface area contributed by atoms with E-state index in [4.69, 9.17) is 16.3 Å². The SMILES string of the molecule is O=C(COc1ccc(Cl)cc1)Nc1ccc(N2CCCC2)cn1. The van der Waals surface area contributed by atoms with Crippen molar-refractivity contribution in [1.82, 2.24) is 4.98 Å². The van der Waals surface area contributed by atoms with E-state index in [-0.39, 0.29) is 12.5 Å². The van der Waals surface area contributed by atoms with Crippen LogP contribution in [0.2, 0.25) is 5.02 Å². The molecule has 1 aromatic heterocycles. The van der Waals surface area contributed by atoms with Crippen LogP contribution in [0.5, 0.6) is 5.75 Å². The smallest absolute Gasteiger partial charge is 0.263 e. The average Bonchev–Trinajstić information content (AvgIpc) is 3.09. The second-order valence-corrected chi connectivity index (χ2v) is 5.82. The van der Waals surface area contributed by atoms with Crippen molar-refractivity contribution < 1.29 is 9.53 Å². The highest BCUT2D eigenvalue weighted by Gasteiger charge is 2.12. The molecule has 0 spiro atoms. The molecule has 3 rings (SSSR count). The summed E-state index contributed by atoms with van der Waals surface area (Å²) in [5.74, 6) is 0.876. The molecule has 1 saturated heterocycles. The van der Waals surface area contributed by atoms with Crippen molar-refractivity contribution in [2.75, 3.05) is 29.9 Å². The van der Waals surface area contributed by atoms with Gasteiger partial charge < -0.3 is 15.0 Å². The first-order valence-corrected chi connectivity index (χ1v) is 7.98.